The fraction of sp³-hybridized carbons (Fsp3) is 0.432. The first-order chi connectivity index (χ1) is 24.0. The van der Waals surface area contributed by atoms with Gasteiger partial charge in [-0.3, -0.25) is 9.78 Å². The van der Waals surface area contributed by atoms with Crippen molar-refractivity contribution in [3.63, 3.8) is 0 Å². The number of alkyl carbamates (subject to hydrolysis) is 1. The van der Waals surface area contributed by atoms with Gasteiger partial charge in [-0.2, -0.15) is 0 Å². The Balaban J connectivity index is 1.47. The van der Waals surface area contributed by atoms with Crippen LogP contribution in [-0.4, -0.2) is 69.3 Å². The molecule has 0 bridgehead atoms. The lowest BCUT2D eigenvalue weighted by molar-refractivity contribution is -0.125. The van der Waals surface area contributed by atoms with Gasteiger partial charge in [0, 0.05) is 25.2 Å². The molecule has 4 atom stereocenters. The third-order valence-corrected chi connectivity index (χ3v) is 8.88. The standard InChI is InChI=1S/C37H48N6O6S/c1-24(2)33(42-36(46)43(5)20-29-21-48-35(39-29)25(3)4)34(45)41-31(17-27-14-10-7-11-15-27)32(44)18-28(16-26-12-8-6-9-13-26)40-37(47)49-22-30-19-38-23-50-30/h6-15,19,21,23-25,28,31-33,44H,16-18,20,22H2,1-5H3,(H,40,47)(H,41,45)(H,42,46)/t28-,31-,32-,33?/m0/s1. The van der Waals surface area contributed by atoms with Crippen molar-refractivity contribution in [1.29, 1.82) is 0 Å². The number of nitrogens with zero attached hydrogens (tertiary/aromatic N) is 3. The number of urea groups is 1. The number of thiazole rings is 1. The Morgan fingerprint density at radius 3 is 2.18 bits per heavy atom. The molecule has 4 amide bonds. The molecule has 4 rings (SSSR count). The summed E-state index contributed by atoms with van der Waals surface area (Å²) in [4.78, 5) is 50.7. The topological polar surface area (TPSA) is 159 Å². The maximum atomic E-state index is 13.9. The smallest absolute Gasteiger partial charge is 0.407 e. The first kappa shape index (κ1) is 38.1. The van der Waals surface area contributed by atoms with E-state index >= 15 is 0 Å². The van der Waals surface area contributed by atoms with Crippen LogP contribution in [0.15, 0.2) is 83.1 Å². The zero-order valence-corrected chi connectivity index (χ0v) is 30.1. The maximum absolute atomic E-state index is 13.9. The predicted octanol–water partition coefficient (Wildman–Crippen LogP) is 5.44. The summed E-state index contributed by atoms with van der Waals surface area (Å²) < 4.78 is 10.9. The fourth-order valence-electron chi connectivity index (χ4n) is 5.38. The number of oxazole rings is 1. The molecular formula is C37H48N6O6S. The molecule has 2 aromatic heterocycles. The summed E-state index contributed by atoms with van der Waals surface area (Å²) >= 11 is 1.39. The Bertz CT molecular complexity index is 1620. The summed E-state index contributed by atoms with van der Waals surface area (Å²) in [6.45, 7) is 7.92. The number of benzene rings is 2. The normalized spacial score (nSPS) is 13.7. The molecule has 0 fully saturated rings. The van der Waals surface area contributed by atoms with Crippen LogP contribution < -0.4 is 16.0 Å². The monoisotopic (exact) mass is 704 g/mol. The zero-order chi connectivity index (χ0) is 36.0. The summed E-state index contributed by atoms with van der Waals surface area (Å²) in [5, 5.41) is 20.5. The molecule has 4 aromatic rings. The Kier molecular flexibility index (Phi) is 14.4. The second-order valence-corrected chi connectivity index (χ2v) is 14.0. The van der Waals surface area contributed by atoms with Crippen molar-refractivity contribution < 1.29 is 28.6 Å². The molecule has 4 N–H and O–H groups in total. The van der Waals surface area contributed by atoms with Crippen molar-refractivity contribution in [2.45, 2.75) is 90.3 Å². The number of aromatic nitrogens is 2. The number of aliphatic hydroxyl groups excluding tert-OH is 1. The Labute approximate surface area is 297 Å². The Morgan fingerprint density at radius 2 is 1.60 bits per heavy atom. The molecule has 0 aliphatic heterocycles. The second-order valence-electron chi connectivity index (χ2n) is 13.0. The highest BCUT2D eigenvalue weighted by atomic mass is 32.1. The van der Waals surface area contributed by atoms with Gasteiger partial charge in [0.25, 0.3) is 0 Å². The van der Waals surface area contributed by atoms with Gasteiger partial charge in [-0.05, 0) is 36.3 Å². The van der Waals surface area contributed by atoms with E-state index in [1.807, 2.05) is 88.4 Å². The van der Waals surface area contributed by atoms with Crippen molar-refractivity contribution in [3.05, 3.63) is 106 Å². The second kappa shape index (κ2) is 18.9. The average Bonchev–Trinajstić information content (AvgIpc) is 3.79. The largest absolute Gasteiger partial charge is 0.448 e. The number of hydrogen-bond donors (Lipinski definition) is 4. The SMILES string of the molecule is CC(C)c1nc(CN(C)C(=O)NC(C(=O)N[C@@H](Cc2ccccc2)[C@@H](O)C[C@H](Cc2ccccc2)NC(=O)OCc2cncs2)C(C)C)co1. The van der Waals surface area contributed by atoms with Crippen LogP contribution in [0.25, 0.3) is 0 Å². The van der Waals surface area contributed by atoms with Crippen LogP contribution in [0.3, 0.4) is 0 Å². The Hall–Kier alpha value is -4.75. The van der Waals surface area contributed by atoms with E-state index in [4.69, 9.17) is 9.15 Å². The van der Waals surface area contributed by atoms with E-state index in [2.05, 4.69) is 25.9 Å². The quantitative estimate of drug-likeness (QED) is 0.113. The van der Waals surface area contributed by atoms with Crippen LogP contribution in [0.4, 0.5) is 9.59 Å². The minimum absolute atomic E-state index is 0.0822. The first-order valence-electron chi connectivity index (χ1n) is 16.8. The van der Waals surface area contributed by atoms with Gasteiger partial charge >= 0.3 is 12.1 Å². The molecule has 2 heterocycles. The van der Waals surface area contributed by atoms with Crippen LogP contribution in [0.5, 0.6) is 0 Å². The van der Waals surface area contributed by atoms with Crippen LogP contribution in [-0.2, 0) is 35.5 Å². The number of aliphatic hydroxyl groups is 1. The molecule has 0 radical (unpaired) electrons. The van der Waals surface area contributed by atoms with Crippen LogP contribution in [0, 0.1) is 5.92 Å². The van der Waals surface area contributed by atoms with E-state index in [1.165, 1.54) is 22.5 Å². The molecule has 0 saturated heterocycles. The van der Waals surface area contributed by atoms with E-state index in [-0.39, 0.29) is 31.4 Å². The van der Waals surface area contributed by atoms with Crippen molar-refractivity contribution in [1.82, 2.24) is 30.8 Å². The third-order valence-electron chi connectivity index (χ3n) is 8.13. The molecule has 12 nitrogen and oxygen atoms in total. The van der Waals surface area contributed by atoms with Crippen LogP contribution in [0.1, 0.15) is 67.6 Å². The first-order valence-corrected chi connectivity index (χ1v) is 17.7. The van der Waals surface area contributed by atoms with E-state index in [0.29, 0.717) is 24.4 Å². The van der Waals surface area contributed by atoms with Gasteiger partial charge in [-0.25, -0.2) is 14.6 Å². The molecular weight excluding hydrogens is 657 g/mol. The molecule has 0 aliphatic rings. The van der Waals surface area contributed by atoms with Gasteiger partial charge in [0.15, 0.2) is 5.89 Å². The van der Waals surface area contributed by atoms with Gasteiger partial charge in [-0.15, -0.1) is 11.3 Å². The number of hydrogen-bond acceptors (Lipinski definition) is 9. The highest BCUT2D eigenvalue weighted by molar-refractivity contribution is 7.09. The highest BCUT2D eigenvalue weighted by Crippen LogP contribution is 2.17. The molecule has 2 aromatic carbocycles. The number of rotatable bonds is 17. The highest BCUT2D eigenvalue weighted by Gasteiger charge is 2.31. The van der Waals surface area contributed by atoms with E-state index in [9.17, 15) is 19.5 Å². The van der Waals surface area contributed by atoms with Gasteiger partial charge in [0.1, 0.15) is 18.9 Å². The number of ether oxygens (including phenoxy) is 1. The fourth-order valence-corrected chi connectivity index (χ4v) is 5.89. The molecule has 0 spiro atoms. The van der Waals surface area contributed by atoms with Crippen molar-refractivity contribution in [2.75, 3.05) is 7.05 Å². The lowest BCUT2D eigenvalue weighted by atomic mass is 9.93. The van der Waals surface area contributed by atoms with Crippen LogP contribution >= 0.6 is 11.3 Å². The molecule has 13 heteroatoms. The van der Waals surface area contributed by atoms with Crippen LogP contribution in [0.2, 0.25) is 0 Å². The van der Waals surface area contributed by atoms with E-state index in [1.54, 1.807) is 18.8 Å². The Morgan fingerprint density at radius 1 is 0.940 bits per heavy atom. The van der Waals surface area contributed by atoms with Gasteiger partial charge in [0.2, 0.25) is 5.91 Å². The molecule has 1 unspecified atom stereocenters. The number of carbonyl (C=O) groups is 3. The van der Waals surface area contributed by atoms with Crippen molar-refractivity contribution >= 4 is 29.4 Å². The van der Waals surface area contributed by atoms with Gasteiger partial charge in [0.05, 0.1) is 34.8 Å². The molecule has 50 heavy (non-hydrogen) atoms. The van der Waals surface area contributed by atoms with Crippen molar-refractivity contribution in [2.24, 2.45) is 5.92 Å². The summed E-state index contributed by atoms with van der Waals surface area (Å²) in [5.41, 5.74) is 4.15. The summed E-state index contributed by atoms with van der Waals surface area (Å²) in [7, 11) is 1.62. The molecule has 0 aliphatic carbocycles. The maximum Gasteiger partial charge on any atom is 0.407 e. The number of carbonyl (C=O) groups excluding carboxylic acids is 3. The lowest BCUT2D eigenvalue weighted by Gasteiger charge is -2.31. The minimum atomic E-state index is -1.07. The summed E-state index contributed by atoms with van der Waals surface area (Å²) in [5.74, 6) is 0.0119. The van der Waals surface area contributed by atoms with Crippen molar-refractivity contribution in [3.8, 4) is 0 Å². The third kappa shape index (κ3) is 12.0. The number of nitrogens with one attached hydrogen (secondary N) is 3. The summed E-state index contributed by atoms with van der Waals surface area (Å²) in [6.07, 6.45) is 2.37. The number of amides is 4. The average molecular weight is 705 g/mol. The van der Waals surface area contributed by atoms with E-state index < -0.39 is 42.3 Å². The predicted molar refractivity (Wildman–Crippen MR) is 191 cm³/mol. The minimum Gasteiger partial charge on any atom is -0.448 e. The summed E-state index contributed by atoms with van der Waals surface area (Å²) in [6, 6.07) is 16.6. The lowest BCUT2D eigenvalue weighted by Crippen LogP contribution is -2.57. The van der Waals surface area contributed by atoms with Gasteiger partial charge < -0.3 is 35.1 Å². The zero-order valence-electron chi connectivity index (χ0n) is 29.2. The van der Waals surface area contributed by atoms with E-state index in [0.717, 1.165) is 16.0 Å². The molecule has 0 saturated carbocycles. The van der Waals surface area contributed by atoms with Gasteiger partial charge in [-0.1, -0.05) is 88.4 Å². The molecule has 268 valence electrons.